The van der Waals surface area contributed by atoms with Gasteiger partial charge in [0.1, 0.15) is 5.82 Å². The van der Waals surface area contributed by atoms with Crippen molar-refractivity contribution < 1.29 is 12.8 Å². The predicted octanol–water partition coefficient (Wildman–Crippen LogP) is 1.75. The van der Waals surface area contributed by atoms with Crippen molar-refractivity contribution in [2.24, 2.45) is 11.1 Å². The first-order valence-corrected chi connectivity index (χ1v) is 7.89. The van der Waals surface area contributed by atoms with Crippen molar-refractivity contribution in [1.29, 1.82) is 0 Å². The lowest BCUT2D eigenvalue weighted by Crippen LogP contribution is -2.30. The Morgan fingerprint density at radius 3 is 2.63 bits per heavy atom. The van der Waals surface area contributed by atoms with Gasteiger partial charge in [0.2, 0.25) is 10.0 Å². The van der Waals surface area contributed by atoms with Crippen LogP contribution in [-0.4, -0.2) is 15.0 Å². The van der Waals surface area contributed by atoms with Gasteiger partial charge < -0.3 is 5.73 Å². The molecule has 106 valence electrons. The summed E-state index contributed by atoms with van der Waals surface area (Å²) in [6.07, 6.45) is 3.08. The fourth-order valence-corrected chi connectivity index (χ4v) is 3.25. The number of hydrogen-bond donors (Lipinski definition) is 2. The first-order valence-electron chi connectivity index (χ1n) is 6.41. The van der Waals surface area contributed by atoms with Crippen LogP contribution in [0.15, 0.2) is 23.1 Å². The summed E-state index contributed by atoms with van der Waals surface area (Å²) in [6, 6.07) is 3.70. The molecule has 0 radical (unpaired) electrons. The second kappa shape index (κ2) is 5.19. The van der Waals surface area contributed by atoms with Gasteiger partial charge in [-0.3, -0.25) is 0 Å². The number of halogens is 1. The summed E-state index contributed by atoms with van der Waals surface area (Å²) in [5, 5.41) is 0. The van der Waals surface area contributed by atoms with Crippen molar-refractivity contribution in [2.45, 2.75) is 37.6 Å². The molecule has 0 aromatic heterocycles. The third-order valence-electron chi connectivity index (χ3n) is 3.89. The highest BCUT2D eigenvalue weighted by molar-refractivity contribution is 7.89. The number of nitrogens with two attached hydrogens (primary N) is 1. The van der Waals surface area contributed by atoms with Crippen LogP contribution in [0.3, 0.4) is 0 Å². The highest BCUT2D eigenvalue weighted by atomic mass is 32.2. The molecule has 0 unspecified atom stereocenters. The van der Waals surface area contributed by atoms with Gasteiger partial charge in [-0.15, -0.1) is 0 Å². The first kappa shape index (κ1) is 14.4. The van der Waals surface area contributed by atoms with Crippen LogP contribution < -0.4 is 10.5 Å². The minimum absolute atomic E-state index is 0.0198. The molecule has 1 aromatic carbocycles. The average molecular weight is 286 g/mol. The topological polar surface area (TPSA) is 72.2 Å². The summed E-state index contributed by atoms with van der Waals surface area (Å²) in [5.41, 5.74) is 5.72. The Balaban J connectivity index is 2.15. The van der Waals surface area contributed by atoms with E-state index in [0.29, 0.717) is 6.54 Å². The molecule has 0 amide bonds. The maximum Gasteiger partial charge on any atom is 0.240 e. The second-order valence-corrected chi connectivity index (χ2v) is 6.90. The van der Waals surface area contributed by atoms with E-state index in [1.807, 2.05) is 0 Å². The van der Waals surface area contributed by atoms with Gasteiger partial charge in [0, 0.05) is 18.7 Å². The molecule has 19 heavy (non-hydrogen) atoms. The van der Waals surface area contributed by atoms with Gasteiger partial charge in [-0.25, -0.2) is 17.5 Å². The molecule has 0 bridgehead atoms. The smallest absolute Gasteiger partial charge is 0.240 e. The molecule has 1 saturated carbocycles. The van der Waals surface area contributed by atoms with E-state index in [1.165, 1.54) is 12.1 Å². The zero-order valence-corrected chi connectivity index (χ0v) is 11.8. The zero-order chi connectivity index (χ0) is 14.1. The van der Waals surface area contributed by atoms with E-state index in [-0.39, 0.29) is 22.4 Å². The molecule has 0 atom stereocenters. The molecule has 0 spiro atoms. The summed E-state index contributed by atoms with van der Waals surface area (Å²) in [4.78, 5) is 0.0706. The van der Waals surface area contributed by atoms with Crippen LogP contribution in [0.5, 0.6) is 0 Å². The zero-order valence-electron chi connectivity index (χ0n) is 10.9. The first-order chi connectivity index (χ1) is 8.92. The molecule has 2 rings (SSSR count). The van der Waals surface area contributed by atoms with E-state index in [9.17, 15) is 12.8 Å². The number of sulfonamides is 1. The largest absolute Gasteiger partial charge is 0.326 e. The van der Waals surface area contributed by atoms with Crippen LogP contribution in [0.4, 0.5) is 4.39 Å². The highest BCUT2D eigenvalue weighted by Gasteiger charge is 2.41. The van der Waals surface area contributed by atoms with E-state index in [4.69, 9.17) is 5.73 Å². The Kier molecular flexibility index (Phi) is 3.94. The van der Waals surface area contributed by atoms with Crippen LogP contribution in [-0.2, 0) is 16.6 Å². The fraction of sp³-hybridized carbons (Fsp3) is 0.538. The molecule has 0 heterocycles. The van der Waals surface area contributed by atoms with Gasteiger partial charge in [0.25, 0.3) is 0 Å². The van der Waals surface area contributed by atoms with Gasteiger partial charge in [-0.2, -0.15) is 0 Å². The SMILES string of the molecule is CCC1(CNS(=O)(=O)c2ccc(F)c(CN)c2)CC1. The molecule has 1 fully saturated rings. The predicted molar refractivity (Wildman–Crippen MR) is 71.4 cm³/mol. The quantitative estimate of drug-likeness (QED) is 0.837. The lowest BCUT2D eigenvalue weighted by atomic mass is 10.1. The van der Waals surface area contributed by atoms with E-state index in [1.54, 1.807) is 0 Å². The lowest BCUT2D eigenvalue weighted by Gasteiger charge is -2.14. The third kappa shape index (κ3) is 3.13. The van der Waals surface area contributed by atoms with Crippen molar-refractivity contribution in [1.82, 2.24) is 4.72 Å². The molecule has 1 aromatic rings. The maximum absolute atomic E-state index is 13.3. The normalized spacial score (nSPS) is 17.4. The molecule has 0 aliphatic heterocycles. The average Bonchev–Trinajstić information content (AvgIpc) is 3.17. The minimum Gasteiger partial charge on any atom is -0.326 e. The number of hydrogen-bond acceptors (Lipinski definition) is 3. The Morgan fingerprint density at radius 2 is 2.11 bits per heavy atom. The summed E-state index contributed by atoms with van der Waals surface area (Å²) >= 11 is 0. The highest BCUT2D eigenvalue weighted by Crippen LogP contribution is 2.48. The fourth-order valence-electron chi connectivity index (χ4n) is 2.04. The van der Waals surface area contributed by atoms with Gasteiger partial charge in [-0.05, 0) is 42.9 Å². The third-order valence-corrected chi connectivity index (χ3v) is 5.29. The van der Waals surface area contributed by atoms with Gasteiger partial charge >= 0.3 is 0 Å². The minimum atomic E-state index is -3.59. The summed E-state index contributed by atoms with van der Waals surface area (Å²) in [7, 11) is -3.59. The number of benzene rings is 1. The number of rotatable bonds is 6. The van der Waals surface area contributed by atoms with Crippen LogP contribution in [0.2, 0.25) is 0 Å². The Labute approximate surface area is 113 Å². The van der Waals surface area contributed by atoms with Gasteiger partial charge in [0.15, 0.2) is 0 Å². The molecular formula is C13H19FN2O2S. The van der Waals surface area contributed by atoms with Crippen molar-refractivity contribution in [3.63, 3.8) is 0 Å². The lowest BCUT2D eigenvalue weighted by molar-refractivity contribution is 0.475. The summed E-state index contributed by atoms with van der Waals surface area (Å²) in [5.74, 6) is -0.478. The molecule has 1 aliphatic carbocycles. The molecule has 6 heteroatoms. The van der Waals surface area contributed by atoms with Crippen LogP contribution in [0.1, 0.15) is 31.7 Å². The maximum atomic E-state index is 13.3. The van der Waals surface area contributed by atoms with Gasteiger partial charge in [-0.1, -0.05) is 6.92 Å². The summed E-state index contributed by atoms with van der Waals surface area (Å²) < 4.78 is 40.2. The Hall–Kier alpha value is -0.980. The molecule has 4 nitrogen and oxygen atoms in total. The summed E-state index contributed by atoms with van der Waals surface area (Å²) in [6.45, 7) is 2.49. The van der Waals surface area contributed by atoms with Crippen LogP contribution in [0.25, 0.3) is 0 Å². The van der Waals surface area contributed by atoms with Crippen molar-refractivity contribution >= 4 is 10.0 Å². The van der Waals surface area contributed by atoms with Crippen LogP contribution in [0, 0.1) is 11.2 Å². The standard InChI is InChI=1S/C13H19FN2O2S/c1-2-13(5-6-13)9-16-19(17,18)11-3-4-12(14)10(7-11)8-15/h3-4,7,16H,2,5-6,8-9,15H2,1H3. The van der Waals surface area contributed by atoms with E-state index in [2.05, 4.69) is 11.6 Å². The van der Waals surface area contributed by atoms with E-state index in [0.717, 1.165) is 25.3 Å². The molecule has 3 N–H and O–H groups in total. The Bertz CT molecular complexity index is 568. The van der Waals surface area contributed by atoms with Gasteiger partial charge in [0.05, 0.1) is 4.90 Å². The Morgan fingerprint density at radius 1 is 1.42 bits per heavy atom. The van der Waals surface area contributed by atoms with E-state index >= 15 is 0 Å². The van der Waals surface area contributed by atoms with Crippen molar-refractivity contribution in [3.8, 4) is 0 Å². The molecule has 1 aliphatic rings. The second-order valence-electron chi connectivity index (χ2n) is 5.14. The van der Waals surface area contributed by atoms with Crippen molar-refractivity contribution in [3.05, 3.63) is 29.6 Å². The van der Waals surface area contributed by atoms with Crippen molar-refractivity contribution in [2.75, 3.05) is 6.54 Å². The van der Waals surface area contributed by atoms with Crippen LogP contribution >= 0.6 is 0 Å². The molecular weight excluding hydrogens is 267 g/mol. The molecule has 0 saturated heterocycles. The monoisotopic (exact) mass is 286 g/mol. The van der Waals surface area contributed by atoms with E-state index < -0.39 is 15.8 Å². The number of nitrogens with one attached hydrogen (secondary N) is 1.